The maximum atomic E-state index is 13.2. The summed E-state index contributed by atoms with van der Waals surface area (Å²) in [5.41, 5.74) is 0.554. The highest BCUT2D eigenvalue weighted by Crippen LogP contribution is 2.37. The normalized spacial score (nSPS) is 21.1. The van der Waals surface area contributed by atoms with Gasteiger partial charge in [0.25, 0.3) is 0 Å². The predicted molar refractivity (Wildman–Crippen MR) is 92.7 cm³/mol. The fraction of sp³-hybridized carbons (Fsp3) is 0.357. The van der Waals surface area contributed by atoms with Crippen molar-refractivity contribution in [3.63, 3.8) is 0 Å². The van der Waals surface area contributed by atoms with E-state index in [0.717, 1.165) is 0 Å². The number of Topliss-reactive ketones (excluding diaryl/α,β-unsaturated/α-hetero) is 1. The predicted octanol–water partition coefficient (Wildman–Crippen LogP) is 3.82. The number of carboxylic acid groups (broad SMARTS) is 1. The van der Waals surface area contributed by atoms with E-state index in [2.05, 4.69) is 24.5 Å². The number of anilines is 1. The standard InChI is InChI=1S/C14H13BrFIN2O3/c15-10-6-9(1-2-11(10)16)18-14(19-17)13(22)8-3-7(4-8)5-12(20)21/h1-2,6-8H,3-5H2,(H,18,19)(H,20,21). The van der Waals surface area contributed by atoms with Crippen LogP contribution in [0.5, 0.6) is 0 Å². The molecule has 1 aromatic carbocycles. The lowest BCUT2D eigenvalue weighted by Crippen LogP contribution is -2.38. The fourth-order valence-electron chi connectivity index (χ4n) is 2.39. The molecule has 0 aliphatic heterocycles. The Hall–Kier alpha value is -1.03. The summed E-state index contributed by atoms with van der Waals surface area (Å²) >= 11 is 4.81. The Labute approximate surface area is 149 Å². The third kappa shape index (κ3) is 4.25. The van der Waals surface area contributed by atoms with Gasteiger partial charge in [-0.15, -0.1) is 0 Å². The molecule has 0 spiro atoms. The van der Waals surface area contributed by atoms with E-state index in [1.165, 1.54) is 18.2 Å². The number of benzene rings is 1. The van der Waals surface area contributed by atoms with Crippen LogP contribution in [0.25, 0.3) is 0 Å². The maximum Gasteiger partial charge on any atom is 0.303 e. The first-order valence-corrected chi connectivity index (χ1v) is 8.33. The molecule has 0 bridgehead atoms. The summed E-state index contributed by atoms with van der Waals surface area (Å²) < 4.78 is 17.4. The van der Waals surface area contributed by atoms with Gasteiger partial charge in [0.15, 0.2) is 5.84 Å². The molecule has 0 aromatic heterocycles. The largest absolute Gasteiger partial charge is 0.481 e. The van der Waals surface area contributed by atoms with Crippen LogP contribution in [0.3, 0.4) is 0 Å². The summed E-state index contributed by atoms with van der Waals surface area (Å²) in [5.74, 6) is -1.32. The van der Waals surface area contributed by atoms with Crippen molar-refractivity contribution in [2.45, 2.75) is 19.3 Å². The number of aliphatic carboxylic acids is 1. The molecule has 0 amide bonds. The highest BCUT2D eigenvalue weighted by Gasteiger charge is 2.37. The lowest BCUT2D eigenvalue weighted by atomic mass is 9.71. The number of rotatable bonds is 5. The van der Waals surface area contributed by atoms with Gasteiger partial charge in [-0.25, -0.2) is 4.39 Å². The van der Waals surface area contributed by atoms with Gasteiger partial charge in [-0.3, -0.25) is 9.59 Å². The van der Waals surface area contributed by atoms with E-state index in [1.807, 2.05) is 0 Å². The number of carboxylic acids is 1. The van der Waals surface area contributed by atoms with Crippen LogP contribution in [0.1, 0.15) is 19.3 Å². The van der Waals surface area contributed by atoms with Crippen molar-refractivity contribution in [2.75, 3.05) is 5.32 Å². The van der Waals surface area contributed by atoms with Gasteiger partial charge in [0.1, 0.15) is 5.82 Å². The van der Waals surface area contributed by atoms with Gasteiger partial charge in [-0.1, -0.05) is 0 Å². The highest BCUT2D eigenvalue weighted by molar-refractivity contribution is 14.1. The van der Waals surface area contributed by atoms with Gasteiger partial charge in [-0.05, 0) is 52.9 Å². The summed E-state index contributed by atoms with van der Waals surface area (Å²) in [5, 5.41) is 11.6. The number of nitrogens with zero attached hydrogens (tertiary/aromatic N) is 1. The molecule has 2 rings (SSSR count). The van der Waals surface area contributed by atoms with Crippen molar-refractivity contribution in [2.24, 2.45) is 15.0 Å². The van der Waals surface area contributed by atoms with E-state index >= 15 is 0 Å². The van der Waals surface area contributed by atoms with E-state index in [-0.39, 0.29) is 35.7 Å². The zero-order valence-corrected chi connectivity index (χ0v) is 15.1. The molecule has 1 aromatic rings. The van der Waals surface area contributed by atoms with Crippen molar-refractivity contribution >= 4 is 62.1 Å². The van der Waals surface area contributed by atoms with Gasteiger partial charge in [0.2, 0.25) is 5.78 Å². The number of carbonyl (C=O) groups is 2. The monoisotopic (exact) mass is 482 g/mol. The first-order chi connectivity index (χ1) is 10.4. The van der Waals surface area contributed by atoms with Crippen LogP contribution in [-0.4, -0.2) is 22.7 Å². The third-order valence-corrected chi connectivity index (χ3v) is 4.66. The van der Waals surface area contributed by atoms with Crippen LogP contribution in [0.4, 0.5) is 10.1 Å². The summed E-state index contributed by atoms with van der Waals surface area (Å²) in [6, 6.07) is 4.33. The summed E-state index contributed by atoms with van der Waals surface area (Å²) in [4.78, 5) is 22.9. The van der Waals surface area contributed by atoms with Crippen LogP contribution in [0.2, 0.25) is 0 Å². The number of carbonyl (C=O) groups excluding carboxylic acids is 1. The second kappa shape index (κ2) is 7.49. The molecular weight excluding hydrogens is 470 g/mol. The molecule has 0 unspecified atom stereocenters. The molecule has 1 saturated carbocycles. The van der Waals surface area contributed by atoms with Crippen molar-refractivity contribution < 1.29 is 19.1 Å². The SMILES string of the molecule is O=C(O)CC1CC(C(=O)/C(=N/I)Nc2ccc(F)c(Br)c2)C1. The summed E-state index contributed by atoms with van der Waals surface area (Å²) in [7, 11) is 0. The second-order valence-corrected chi connectivity index (χ2v) is 6.52. The van der Waals surface area contributed by atoms with Crippen LogP contribution in [0.15, 0.2) is 25.9 Å². The average molecular weight is 483 g/mol. The van der Waals surface area contributed by atoms with Crippen LogP contribution in [0, 0.1) is 17.7 Å². The van der Waals surface area contributed by atoms with Crippen molar-refractivity contribution in [1.82, 2.24) is 0 Å². The number of hydrogen-bond acceptors (Lipinski definition) is 3. The molecule has 22 heavy (non-hydrogen) atoms. The van der Waals surface area contributed by atoms with Gasteiger partial charge in [0.05, 0.1) is 27.3 Å². The quantitative estimate of drug-likeness (QED) is 0.380. The molecule has 2 N–H and O–H groups in total. The lowest BCUT2D eigenvalue weighted by Gasteiger charge is -2.33. The van der Waals surface area contributed by atoms with E-state index in [1.54, 1.807) is 22.9 Å². The molecule has 0 radical (unpaired) electrons. The molecule has 0 atom stereocenters. The van der Waals surface area contributed by atoms with Crippen LogP contribution < -0.4 is 5.32 Å². The number of nitrogens with one attached hydrogen (secondary N) is 1. The summed E-state index contributed by atoms with van der Waals surface area (Å²) in [6.45, 7) is 0. The van der Waals surface area contributed by atoms with Gasteiger partial charge in [0, 0.05) is 18.0 Å². The maximum absolute atomic E-state index is 13.2. The summed E-state index contributed by atoms with van der Waals surface area (Å²) in [6.07, 6.45) is 1.23. The molecule has 0 saturated heterocycles. The smallest absolute Gasteiger partial charge is 0.303 e. The highest BCUT2D eigenvalue weighted by atomic mass is 127. The van der Waals surface area contributed by atoms with Gasteiger partial charge < -0.3 is 10.4 Å². The Morgan fingerprint density at radius 1 is 1.45 bits per heavy atom. The van der Waals surface area contributed by atoms with Crippen LogP contribution >= 0.6 is 38.8 Å². The first-order valence-electron chi connectivity index (χ1n) is 6.57. The first kappa shape index (κ1) is 17.3. The fourth-order valence-corrected chi connectivity index (χ4v) is 3.13. The van der Waals surface area contributed by atoms with E-state index < -0.39 is 5.97 Å². The van der Waals surface area contributed by atoms with Crippen molar-refractivity contribution in [1.29, 1.82) is 0 Å². The minimum Gasteiger partial charge on any atom is -0.481 e. The molecule has 1 aliphatic rings. The van der Waals surface area contributed by atoms with E-state index in [9.17, 15) is 14.0 Å². The Balaban J connectivity index is 1.96. The van der Waals surface area contributed by atoms with Crippen LogP contribution in [-0.2, 0) is 9.59 Å². The van der Waals surface area contributed by atoms with E-state index in [0.29, 0.717) is 23.0 Å². The number of hydrogen-bond donors (Lipinski definition) is 2. The Kier molecular flexibility index (Phi) is 5.90. The average Bonchev–Trinajstić information content (AvgIpc) is 2.42. The molecule has 118 valence electrons. The van der Waals surface area contributed by atoms with Gasteiger partial charge >= 0.3 is 5.97 Å². The number of halogens is 3. The van der Waals surface area contributed by atoms with E-state index in [4.69, 9.17) is 5.11 Å². The molecular formula is C14H13BrFIN2O3. The van der Waals surface area contributed by atoms with Crippen molar-refractivity contribution in [3.05, 3.63) is 28.5 Å². The molecule has 0 heterocycles. The minimum absolute atomic E-state index is 0.0573. The molecule has 1 aliphatic carbocycles. The zero-order chi connectivity index (χ0) is 16.3. The van der Waals surface area contributed by atoms with Gasteiger partial charge in [-0.2, -0.15) is 3.21 Å². The minimum atomic E-state index is -0.840. The number of ketones is 1. The topological polar surface area (TPSA) is 78.8 Å². The second-order valence-electron chi connectivity index (χ2n) is 5.18. The zero-order valence-electron chi connectivity index (χ0n) is 11.4. The third-order valence-electron chi connectivity index (χ3n) is 3.57. The lowest BCUT2D eigenvalue weighted by molar-refractivity contribution is -0.140. The molecule has 8 heteroatoms. The Morgan fingerprint density at radius 2 is 2.14 bits per heavy atom. The Bertz CT molecular complexity index is 633. The molecule has 5 nitrogen and oxygen atoms in total. The Morgan fingerprint density at radius 3 is 2.68 bits per heavy atom. The van der Waals surface area contributed by atoms with Crippen molar-refractivity contribution in [3.8, 4) is 0 Å². The number of amidine groups is 1. The molecule has 1 fully saturated rings.